The molecule has 3 N–H and O–H groups in total. The van der Waals surface area contributed by atoms with Crippen LogP contribution < -0.4 is 6.15 Å². The lowest BCUT2D eigenvalue weighted by atomic mass is 9.74. The van der Waals surface area contributed by atoms with Gasteiger partial charge in [0.1, 0.15) is 0 Å². The summed E-state index contributed by atoms with van der Waals surface area (Å²) in [6.07, 6.45) is 3.18. The predicted octanol–water partition coefficient (Wildman–Crippen LogP) is 3.20. The van der Waals surface area contributed by atoms with Gasteiger partial charge in [-0.05, 0) is 24.3 Å². The van der Waals surface area contributed by atoms with Gasteiger partial charge in [-0.2, -0.15) is 0 Å². The molecule has 0 spiro atoms. The van der Waals surface area contributed by atoms with E-state index in [1.54, 1.807) is 12.1 Å². The SMILES string of the molecule is CCCC1Cc2c1cccc2[N+](=O)[O-].N. The van der Waals surface area contributed by atoms with Crippen molar-refractivity contribution in [1.82, 2.24) is 6.15 Å². The summed E-state index contributed by atoms with van der Waals surface area (Å²) in [6, 6.07) is 5.41. The molecular weight excluding hydrogens is 192 g/mol. The minimum absolute atomic E-state index is 0. The van der Waals surface area contributed by atoms with E-state index in [4.69, 9.17) is 0 Å². The number of nitrogens with zero attached hydrogens (tertiary/aromatic N) is 1. The number of hydrogen-bond acceptors (Lipinski definition) is 3. The van der Waals surface area contributed by atoms with Crippen LogP contribution in [0, 0.1) is 10.1 Å². The first-order valence-electron chi connectivity index (χ1n) is 5.00. The van der Waals surface area contributed by atoms with Crippen molar-refractivity contribution in [2.75, 3.05) is 0 Å². The molecular formula is C11H16N2O2. The zero-order valence-electron chi connectivity index (χ0n) is 8.90. The van der Waals surface area contributed by atoms with Gasteiger partial charge in [0.15, 0.2) is 0 Å². The molecule has 0 saturated carbocycles. The summed E-state index contributed by atoms with van der Waals surface area (Å²) in [6.45, 7) is 2.15. The van der Waals surface area contributed by atoms with Crippen LogP contribution in [0.3, 0.4) is 0 Å². The topological polar surface area (TPSA) is 78.1 Å². The summed E-state index contributed by atoms with van der Waals surface area (Å²) in [5.74, 6) is 0.565. The van der Waals surface area contributed by atoms with Crippen LogP contribution in [0.1, 0.15) is 36.8 Å². The lowest BCUT2D eigenvalue weighted by Gasteiger charge is -2.29. The first kappa shape index (κ1) is 11.7. The fraction of sp³-hybridized carbons (Fsp3) is 0.455. The van der Waals surface area contributed by atoms with E-state index >= 15 is 0 Å². The highest BCUT2D eigenvalue weighted by Crippen LogP contribution is 2.42. The summed E-state index contributed by atoms with van der Waals surface area (Å²) < 4.78 is 0. The summed E-state index contributed by atoms with van der Waals surface area (Å²) in [7, 11) is 0. The van der Waals surface area contributed by atoms with Gasteiger partial charge >= 0.3 is 0 Å². The van der Waals surface area contributed by atoms with Crippen molar-refractivity contribution in [3.63, 3.8) is 0 Å². The van der Waals surface area contributed by atoms with Crippen LogP contribution in [-0.4, -0.2) is 4.92 Å². The van der Waals surface area contributed by atoms with Crippen molar-refractivity contribution in [3.05, 3.63) is 39.4 Å². The maximum Gasteiger partial charge on any atom is 0.272 e. The maximum absolute atomic E-state index is 10.7. The Hall–Kier alpha value is -1.42. The third-order valence-electron chi connectivity index (χ3n) is 2.91. The number of hydrogen-bond donors (Lipinski definition) is 1. The molecule has 1 aliphatic rings. The van der Waals surface area contributed by atoms with Crippen molar-refractivity contribution in [1.29, 1.82) is 0 Å². The highest BCUT2D eigenvalue weighted by atomic mass is 16.6. The molecule has 1 unspecified atom stereocenters. The molecule has 2 rings (SSSR count). The highest BCUT2D eigenvalue weighted by Gasteiger charge is 2.31. The second-order valence-corrected chi connectivity index (χ2v) is 3.79. The number of fused-ring (bicyclic) bond motifs is 1. The molecule has 1 aromatic rings. The fourth-order valence-corrected chi connectivity index (χ4v) is 2.20. The van der Waals surface area contributed by atoms with Gasteiger partial charge < -0.3 is 6.15 Å². The van der Waals surface area contributed by atoms with Crippen molar-refractivity contribution in [2.45, 2.75) is 32.1 Å². The molecule has 1 aliphatic carbocycles. The van der Waals surface area contributed by atoms with Crippen LogP contribution >= 0.6 is 0 Å². The molecule has 0 amide bonds. The zero-order chi connectivity index (χ0) is 10.1. The molecule has 4 nitrogen and oxygen atoms in total. The first-order chi connectivity index (χ1) is 6.74. The first-order valence-corrected chi connectivity index (χ1v) is 5.00. The van der Waals surface area contributed by atoms with E-state index < -0.39 is 0 Å². The van der Waals surface area contributed by atoms with Gasteiger partial charge in [-0.3, -0.25) is 10.1 Å². The monoisotopic (exact) mass is 208 g/mol. The molecule has 0 heterocycles. The maximum atomic E-state index is 10.7. The molecule has 0 radical (unpaired) electrons. The second kappa shape index (κ2) is 4.40. The third-order valence-corrected chi connectivity index (χ3v) is 2.91. The molecule has 4 heteroatoms. The Morgan fingerprint density at radius 1 is 1.53 bits per heavy atom. The van der Waals surface area contributed by atoms with E-state index in [2.05, 4.69) is 6.92 Å². The lowest BCUT2D eigenvalue weighted by Crippen LogP contribution is -2.18. The van der Waals surface area contributed by atoms with E-state index in [1.807, 2.05) is 6.07 Å². The molecule has 15 heavy (non-hydrogen) atoms. The van der Waals surface area contributed by atoms with Gasteiger partial charge in [0, 0.05) is 11.6 Å². The van der Waals surface area contributed by atoms with Gasteiger partial charge in [-0.1, -0.05) is 25.5 Å². The minimum atomic E-state index is -0.277. The normalized spacial score (nSPS) is 17.3. The van der Waals surface area contributed by atoms with Crippen LogP contribution in [0.15, 0.2) is 18.2 Å². The Morgan fingerprint density at radius 3 is 2.87 bits per heavy atom. The smallest absolute Gasteiger partial charge is 0.272 e. The quantitative estimate of drug-likeness (QED) is 0.612. The largest absolute Gasteiger partial charge is 0.344 e. The Labute approximate surface area is 89.0 Å². The average Bonchev–Trinajstić information content (AvgIpc) is 2.13. The third kappa shape index (κ3) is 1.85. The van der Waals surface area contributed by atoms with Gasteiger partial charge in [-0.15, -0.1) is 0 Å². The van der Waals surface area contributed by atoms with E-state index in [9.17, 15) is 10.1 Å². The summed E-state index contributed by atoms with van der Waals surface area (Å²) in [5.41, 5.74) is 2.45. The zero-order valence-corrected chi connectivity index (χ0v) is 8.90. The van der Waals surface area contributed by atoms with Crippen LogP contribution in [0.4, 0.5) is 5.69 Å². The van der Waals surface area contributed by atoms with Gasteiger partial charge in [0.2, 0.25) is 0 Å². The van der Waals surface area contributed by atoms with E-state index in [1.165, 1.54) is 5.56 Å². The molecule has 0 aromatic heterocycles. The number of nitro groups is 1. The number of nitro benzene ring substituents is 1. The molecule has 0 bridgehead atoms. The standard InChI is InChI=1S/C11H13NO2.H3N/c1-2-4-8-7-10-9(8)5-3-6-11(10)12(13)14;/h3,5-6,8H,2,4,7H2,1H3;1H3. The van der Waals surface area contributed by atoms with Crippen molar-refractivity contribution < 1.29 is 4.92 Å². The van der Waals surface area contributed by atoms with Crippen molar-refractivity contribution in [2.24, 2.45) is 0 Å². The predicted molar refractivity (Wildman–Crippen MR) is 59.5 cm³/mol. The molecule has 82 valence electrons. The van der Waals surface area contributed by atoms with Crippen LogP contribution in [0.5, 0.6) is 0 Å². The van der Waals surface area contributed by atoms with Crippen molar-refractivity contribution >= 4 is 5.69 Å². The lowest BCUT2D eigenvalue weighted by molar-refractivity contribution is -0.386. The Kier molecular flexibility index (Phi) is 3.42. The van der Waals surface area contributed by atoms with E-state index in [0.717, 1.165) is 24.8 Å². The van der Waals surface area contributed by atoms with Gasteiger partial charge in [-0.25, -0.2) is 0 Å². The Bertz CT molecular complexity index is 377. The molecule has 0 fully saturated rings. The number of rotatable bonds is 3. The molecule has 1 atom stereocenters. The van der Waals surface area contributed by atoms with E-state index in [-0.39, 0.29) is 11.1 Å². The number of benzene rings is 1. The van der Waals surface area contributed by atoms with Crippen LogP contribution in [0.2, 0.25) is 0 Å². The van der Waals surface area contributed by atoms with Crippen molar-refractivity contribution in [3.8, 4) is 0 Å². The van der Waals surface area contributed by atoms with Crippen LogP contribution in [0.25, 0.3) is 0 Å². The van der Waals surface area contributed by atoms with Gasteiger partial charge in [0.25, 0.3) is 5.69 Å². The van der Waals surface area contributed by atoms with Crippen LogP contribution in [-0.2, 0) is 6.42 Å². The summed E-state index contributed by atoms with van der Waals surface area (Å²) >= 11 is 0. The Morgan fingerprint density at radius 2 is 2.27 bits per heavy atom. The van der Waals surface area contributed by atoms with E-state index in [0.29, 0.717) is 11.6 Å². The average molecular weight is 208 g/mol. The molecule has 0 saturated heterocycles. The molecule has 1 aromatic carbocycles. The Balaban J connectivity index is 0.00000112. The van der Waals surface area contributed by atoms with Gasteiger partial charge in [0.05, 0.1) is 4.92 Å². The summed E-state index contributed by atoms with van der Waals surface area (Å²) in [4.78, 5) is 10.4. The minimum Gasteiger partial charge on any atom is -0.344 e. The fourth-order valence-electron chi connectivity index (χ4n) is 2.20. The summed E-state index contributed by atoms with van der Waals surface area (Å²) in [5, 5.41) is 10.7. The second-order valence-electron chi connectivity index (χ2n) is 3.79. The highest BCUT2D eigenvalue weighted by molar-refractivity contribution is 5.53. The molecule has 0 aliphatic heterocycles.